The van der Waals surface area contributed by atoms with Crippen molar-refractivity contribution >= 4 is 23.5 Å². The van der Waals surface area contributed by atoms with E-state index in [0.29, 0.717) is 0 Å². The molecule has 1 heterocycles. The maximum atomic E-state index is 12.4. The molecule has 1 aliphatic heterocycles. The number of fused-ring (bicyclic) bond motifs is 1. The fourth-order valence-corrected chi connectivity index (χ4v) is 3.10. The molecule has 0 bridgehead atoms. The smallest absolute Gasteiger partial charge is 0.355 e. The number of hydrogen-bond donors (Lipinski definition) is 2. The highest BCUT2D eigenvalue weighted by molar-refractivity contribution is 6.37. The Kier molecular flexibility index (Phi) is 5.11. The number of ether oxygens (including phenoxy) is 1. The summed E-state index contributed by atoms with van der Waals surface area (Å²) in [4.78, 5) is 35.5. The fourth-order valence-electron chi connectivity index (χ4n) is 3.10. The predicted octanol–water partition coefficient (Wildman–Crippen LogP) is 1.38. The van der Waals surface area contributed by atoms with E-state index < -0.39 is 12.1 Å². The van der Waals surface area contributed by atoms with Gasteiger partial charge in [0.1, 0.15) is 5.71 Å². The van der Waals surface area contributed by atoms with E-state index in [1.165, 1.54) is 12.5 Å². The van der Waals surface area contributed by atoms with Gasteiger partial charge in [0.2, 0.25) is 5.91 Å². The average Bonchev–Trinajstić information content (AvgIpc) is 2.62. The van der Waals surface area contributed by atoms with E-state index in [0.717, 1.165) is 24.8 Å². The van der Waals surface area contributed by atoms with Gasteiger partial charge in [0.25, 0.3) is 5.91 Å². The standard InChI is InChI=1S/C18H21N3O4/c1-11(25-18(24)15-9-10-16(22)21-20-15)17(23)19-14-8-4-6-12-5-2-3-7-13(12)14/h2-3,5,7,11,14H,4,6,8-10H2,1H3,(H,19,23)(H,21,22)/t11-,14+/m1/s1. The van der Waals surface area contributed by atoms with E-state index in [1.54, 1.807) is 0 Å². The van der Waals surface area contributed by atoms with E-state index in [9.17, 15) is 14.4 Å². The van der Waals surface area contributed by atoms with Gasteiger partial charge in [-0.1, -0.05) is 24.3 Å². The summed E-state index contributed by atoms with van der Waals surface area (Å²) >= 11 is 0. The van der Waals surface area contributed by atoms with Crippen molar-refractivity contribution in [3.63, 3.8) is 0 Å². The Bertz CT molecular complexity index is 729. The van der Waals surface area contributed by atoms with Crippen molar-refractivity contribution in [3.8, 4) is 0 Å². The minimum absolute atomic E-state index is 0.0649. The van der Waals surface area contributed by atoms with Crippen LogP contribution in [0.4, 0.5) is 0 Å². The first-order valence-corrected chi connectivity index (χ1v) is 8.49. The van der Waals surface area contributed by atoms with E-state index in [1.807, 2.05) is 18.2 Å². The van der Waals surface area contributed by atoms with Crippen molar-refractivity contribution in [1.29, 1.82) is 0 Å². The maximum Gasteiger partial charge on any atom is 0.355 e. The average molecular weight is 343 g/mol. The van der Waals surface area contributed by atoms with E-state index in [2.05, 4.69) is 21.9 Å². The highest BCUT2D eigenvalue weighted by Crippen LogP contribution is 2.29. The number of benzene rings is 1. The number of esters is 1. The highest BCUT2D eigenvalue weighted by Gasteiger charge is 2.27. The molecule has 7 nitrogen and oxygen atoms in total. The van der Waals surface area contributed by atoms with Crippen LogP contribution in [0.5, 0.6) is 0 Å². The number of nitrogens with one attached hydrogen (secondary N) is 2. The second-order valence-electron chi connectivity index (χ2n) is 6.29. The van der Waals surface area contributed by atoms with E-state index >= 15 is 0 Å². The molecule has 0 unspecified atom stereocenters. The molecule has 0 radical (unpaired) electrons. The summed E-state index contributed by atoms with van der Waals surface area (Å²) in [6, 6.07) is 7.99. The van der Waals surface area contributed by atoms with Gasteiger partial charge < -0.3 is 10.1 Å². The van der Waals surface area contributed by atoms with Crippen molar-refractivity contribution in [2.75, 3.05) is 0 Å². The summed E-state index contributed by atoms with van der Waals surface area (Å²) in [6.07, 6.45) is 2.36. The fraction of sp³-hybridized carbons (Fsp3) is 0.444. The highest BCUT2D eigenvalue weighted by atomic mass is 16.5. The molecule has 0 saturated carbocycles. The van der Waals surface area contributed by atoms with Crippen LogP contribution in [-0.2, 0) is 25.5 Å². The van der Waals surface area contributed by atoms with Crippen LogP contribution < -0.4 is 10.7 Å². The van der Waals surface area contributed by atoms with Crippen LogP contribution in [0.15, 0.2) is 29.4 Å². The molecule has 25 heavy (non-hydrogen) atoms. The van der Waals surface area contributed by atoms with Crippen molar-refractivity contribution in [2.24, 2.45) is 5.10 Å². The Morgan fingerprint density at radius 1 is 1.28 bits per heavy atom. The molecule has 2 N–H and O–H groups in total. The number of amides is 2. The summed E-state index contributed by atoms with van der Waals surface area (Å²) in [5.41, 5.74) is 4.74. The molecule has 2 amide bonds. The molecule has 132 valence electrons. The molecule has 2 aliphatic rings. The maximum absolute atomic E-state index is 12.4. The first-order chi connectivity index (χ1) is 12.0. The zero-order valence-electron chi connectivity index (χ0n) is 14.1. The number of aryl methyl sites for hydroxylation is 1. The largest absolute Gasteiger partial charge is 0.448 e. The van der Waals surface area contributed by atoms with Gasteiger partial charge in [-0.25, -0.2) is 10.2 Å². The van der Waals surface area contributed by atoms with Crippen LogP contribution in [0.1, 0.15) is 49.8 Å². The van der Waals surface area contributed by atoms with Gasteiger partial charge in [0, 0.05) is 12.8 Å². The molecular formula is C18H21N3O4. The van der Waals surface area contributed by atoms with Crippen LogP contribution in [0.25, 0.3) is 0 Å². The molecule has 2 atom stereocenters. The lowest BCUT2D eigenvalue weighted by Gasteiger charge is -2.27. The minimum Gasteiger partial charge on any atom is -0.448 e. The van der Waals surface area contributed by atoms with Gasteiger partial charge in [-0.3, -0.25) is 9.59 Å². The SMILES string of the molecule is C[C@@H](OC(=O)C1=NNC(=O)CC1)C(=O)N[C@H]1CCCc2ccccc21. The summed E-state index contributed by atoms with van der Waals surface area (Å²) in [5.74, 6) is -1.25. The quantitative estimate of drug-likeness (QED) is 0.807. The van der Waals surface area contributed by atoms with Crippen molar-refractivity contribution < 1.29 is 19.1 Å². The van der Waals surface area contributed by atoms with Gasteiger partial charge >= 0.3 is 5.97 Å². The van der Waals surface area contributed by atoms with Crippen LogP contribution in [0.2, 0.25) is 0 Å². The molecule has 0 spiro atoms. The van der Waals surface area contributed by atoms with Crippen LogP contribution in [-0.4, -0.2) is 29.6 Å². The lowest BCUT2D eigenvalue weighted by molar-refractivity contribution is -0.149. The molecule has 0 aromatic heterocycles. The number of rotatable bonds is 4. The predicted molar refractivity (Wildman–Crippen MR) is 90.6 cm³/mol. The normalized spacial score (nSPS) is 20.6. The van der Waals surface area contributed by atoms with Crippen molar-refractivity contribution in [2.45, 2.75) is 51.2 Å². The number of hydrogen-bond acceptors (Lipinski definition) is 5. The lowest BCUT2D eigenvalue weighted by Crippen LogP contribution is -2.41. The van der Waals surface area contributed by atoms with Gasteiger partial charge in [-0.05, 0) is 37.3 Å². The first-order valence-electron chi connectivity index (χ1n) is 8.49. The molecule has 0 saturated heterocycles. The summed E-state index contributed by atoms with van der Waals surface area (Å²) in [5, 5.41) is 6.64. The van der Waals surface area contributed by atoms with Gasteiger partial charge in [0.05, 0.1) is 6.04 Å². The zero-order chi connectivity index (χ0) is 17.8. The topological polar surface area (TPSA) is 96.9 Å². The lowest BCUT2D eigenvalue weighted by atomic mass is 9.87. The Morgan fingerprint density at radius 2 is 2.08 bits per heavy atom. The van der Waals surface area contributed by atoms with Gasteiger partial charge in [0.15, 0.2) is 6.10 Å². The molecule has 3 rings (SSSR count). The van der Waals surface area contributed by atoms with Crippen LogP contribution in [0.3, 0.4) is 0 Å². The Hall–Kier alpha value is -2.70. The van der Waals surface area contributed by atoms with E-state index in [-0.39, 0.29) is 36.4 Å². The number of hydrazone groups is 1. The summed E-state index contributed by atoms with van der Waals surface area (Å²) < 4.78 is 5.18. The van der Waals surface area contributed by atoms with Crippen LogP contribution >= 0.6 is 0 Å². The Morgan fingerprint density at radius 3 is 2.84 bits per heavy atom. The monoisotopic (exact) mass is 343 g/mol. The molecule has 7 heteroatoms. The van der Waals surface area contributed by atoms with Crippen molar-refractivity contribution in [3.05, 3.63) is 35.4 Å². The van der Waals surface area contributed by atoms with Crippen molar-refractivity contribution in [1.82, 2.24) is 10.7 Å². The molecule has 1 aromatic rings. The Labute approximate surface area is 145 Å². The third-order valence-electron chi connectivity index (χ3n) is 4.48. The number of carbonyl (C=O) groups excluding carboxylic acids is 3. The van der Waals surface area contributed by atoms with Gasteiger partial charge in [-0.15, -0.1) is 0 Å². The number of carbonyl (C=O) groups is 3. The van der Waals surface area contributed by atoms with E-state index in [4.69, 9.17) is 4.74 Å². The summed E-state index contributed by atoms with van der Waals surface area (Å²) in [7, 11) is 0. The molecule has 1 aliphatic carbocycles. The third-order valence-corrected chi connectivity index (χ3v) is 4.48. The molecular weight excluding hydrogens is 322 g/mol. The minimum atomic E-state index is -0.929. The zero-order valence-corrected chi connectivity index (χ0v) is 14.1. The van der Waals surface area contributed by atoms with Crippen LogP contribution in [0, 0.1) is 0 Å². The summed E-state index contributed by atoms with van der Waals surface area (Å²) in [6.45, 7) is 1.53. The third kappa shape index (κ3) is 4.04. The molecule has 0 fully saturated rings. The van der Waals surface area contributed by atoms with Gasteiger partial charge in [-0.2, -0.15) is 5.10 Å². The molecule has 1 aromatic carbocycles. The number of nitrogens with zero attached hydrogens (tertiary/aromatic N) is 1. The Balaban J connectivity index is 1.58. The second-order valence-corrected chi connectivity index (χ2v) is 6.29. The first kappa shape index (κ1) is 17.1. The second kappa shape index (κ2) is 7.46.